The van der Waals surface area contributed by atoms with Crippen LogP contribution in [0.4, 0.5) is 5.00 Å². The first-order valence-corrected chi connectivity index (χ1v) is 5.61. The van der Waals surface area contributed by atoms with Crippen LogP contribution in [-0.2, 0) is 17.8 Å². The largest absolute Gasteiger partial charge is 0.312 e. The summed E-state index contributed by atoms with van der Waals surface area (Å²) in [7, 11) is 0. The second-order valence-electron chi connectivity index (χ2n) is 3.34. The average molecular weight is 231 g/mol. The van der Waals surface area contributed by atoms with Gasteiger partial charge in [-0.3, -0.25) is 4.79 Å². The number of terminal acetylenes is 1. The van der Waals surface area contributed by atoms with Crippen LogP contribution in [0.25, 0.3) is 0 Å². The van der Waals surface area contributed by atoms with Gasteiger partial charge in [0, 0.05) is 11.4 Å². The minimum Gasteiger partial charge on any atom is -0.312 e. The van der Waals surface area contributed by atoms with Crippen LogP contribution in [0.1, 0.15) is 16.0 Å². The molecular formula is C11H9N3OS. The molecule has 0 bridgehead atoms. The molecule has 0 atom stereocenters. The highest BCUT2D eigenvalue weighted by Crippen LogP contribution is 2.34. The number of amides is 1. The highest BCUT2D eigenvalue weighted by Gasteiger charge is 2.20. The number of anilines is 1. The van der Waals surface area contributed by atoms with E-state index in [2.05, 4.69) is 16.7 Å². The second-order valence-corrected chi connectivity index (χ2v) is 4.45. The van der Waals surface area contributed by atoms with Crippen molar-refractivity contribution >= 4 is 22.2 Å². The fourth-order valence-electron chi connectivity index (χ4n) is 1.68. The van der Waals surface area contributed by atoms with Gasteiger partial charge in [-0.15, -0.1) is 17.8 Å². The summed E-state index contributed by atoms with van der Waals surface area (Å²) in [4.78, 5) is 12.2. The third-order valence-electron chi connectivity index (χ3n) is 2.40. The fourth-order valence-corrected chi connectivity index (χ4v) is 2.84. The summed E-state index contributed by atoms with van der Waals surface area (Å²) in [5, 5.41) is 15.4. The molecule has 1 aliphatic rings. The molecule has 0 radical (unpaired) electrons. The number of nitrogens with one attached hydrogen (secondary N) is 2. The topological polar surface area (TPSA) is 64.9 Å². The van der Waals surface area contributed by atoms with Gasteiger partial charge in [0.25, 0.3) is 0 Å². The zero-order valence-electron chi connectivity index (χ0n) is 8.46. The summed E-state index contributed by atoms with van der Waals surface area (Å²) < 4.78 is 0. The standard InChI is InChI=1S/C11H9N3OS/c1-2-10(15)14-11-8(5-12)7-3-4-13-6-9(7)16-11/h1,13H,3-4,6H2,(H,14,15). The van der Waals surface area contributed by atoms with E-state index < -0.39 is 5.91 Å². The van der Waals surface area contributed by atoms with Crippen LogP contribution in [0.5, 0.6) is 0 Å². The predicted molar refractivity (Wildman–Crippen MR) is 61.9 cm³/mol. The Morgan fingerprint density at radius 3 is 3.12 bits per heavy atom. The maximum absolute atomic E-state index is 11.1. The van der Waals surface area contributed by atoms with E-state index in [1.54, 1.807) is 0 Å². The van der Waals surface area contributed by atoms with E-state index in [4.69, 9.17) is 11.7 Å². The normalized spacial score (nSPS) is 13.4. The van der Waals surface area contributed by atoms with Gasteiger partial charge in [0.15, 0.2) is 0 Å². The van der Waals surface area contributed by atoms with E-state index in [1.807, 2.05) is 5.92 Å². The third kappa shape index (κ3) is 1.79. The van der Waals surface area contributed by atoms with Gasteiger partial charge < -0.3 is 10.6 Å². The molecule has 2 heterocycles. The van der Waals surface area contributed by atoms with Crippen molar-refractivity contribution < 1.29 is 4.79 Å². The van der Waals surface area contributed by atoms with E-state index in [0.29, 0.717) is 10.6 Å². The van der Waals surface area contributed by atoms with Crippen molar-refractivity contribution in [2.24, 2.45) is 0 Å². The molecule has 4 nitrogen and oxygen atoms in total. The number of nitriles is 1. The first-order valence-electron chi connectivity index (χ1n) is 4.79. The predicted octanol–water partition coefficient (Wildman–Crippen LogP) is 0.837. The molecule has 0 aliphatic carbocycles. The molecule has 0 saturated heterocycles. The van der Waals surface area contributed by atoms with Gasteiger partial charge in [0.2, 0.25) is 0 Å². The lowest BCUT2D eigenvalue weighted by atomic mass is 10.1. The molecule has 1 amide bonds. The van der Waals surface area contributed by atoms with E-state index in [9.17, 15) is 4.79 Å². The lowest BCUT2D eigenvalue weighted by molar-refractivity contribution is -0.111. The molecule has 0 unspecified atom stereocenters. The minimum atomic E-state index is -0.511. The molecule has 5 heteroatoms. The fraction of sp³-hybridized carbons (Fsp3) is 0.273. The summed E-state index contributed by atoms with van der Waals surface area (Å²) in [6, 6.07) is 2.13. The Hall–Kier alpha value is -1.82. The third-order valence-corrected chi connectivity index (χ3v) is 3.55. The van der Waals surface area contributed by atoms with Crippen LogP contribution in [0, 0.1) is 23.7 Å². The van der Waals surface area contributed by atoms with Crippen molar-refractivity contribution in [2.75, 3.05) is 11.9 Å². The second kappa shape index (κ2) is 4.36. The summed E-state index contributed by atoms with van der Waals surface area (Å²) in [6.45, 7) is 1.61. The zero-order chi connectivity index (χ0) is 11.5. The monoisotopic (exact) mass is 231 g/mol. The molecule has 2 N–H and O–H groups in total. The highest BCUT2D eigenvalue weighted by molar-refractivity contribution is 7.16. The molecule has 2 rings (SSSR count). The average Bonchev–Trinajstić information content (AvgIpc) is 2.65. The van der Waals surface area contributed by atoms with Gasteiger partial charge in [0.05, 0.1) is 5.56 Å². The highest BCUT2D eigenvalue weighted by atomic mass is 32.1. The molecule has 0 aromatic carbocycles. The zero-order valence-corrected chi connectivity index (χ0v) is 9.28. The van der Waals surface area contributed by atoms with E-state index >= 15 is 0 Å². The Bertz CT molecular complexity index is 519. The maximum atomic E-state index is 11.1. The van der Waals surface area contributed by atoms with Gasteiger partial charge in [-0.25, -0.2) is 0 Å². The van der Waals surface area contributed by atoms with Gasteiger partial charge >= 0.3 is 5.91 Å². The van der Waals surface area contributed by atoms with E-state index in [0.717, 1.165) is 30.0 Å². The molecule has 0 saturated carbocycles. The van der Waals surface area contributed by atoms with E-state index in [1.165, 1.54) is 11.3 Å². The quantitative estimate of drug-likeness (QED) is 0.704. The Morgan fingerprint density at radius 1 is 1.62 bits per heavy atom. The van der Waals surface area contributed by atoms with Crippen molar-refractivity contribution in [1.29, 1.82) is 5.26 Å². The van der Waals surface area contributed by atoms with Crippen molar-refractivity contribution in [1.82, 2.24) is 5.32 Å². The van der Waals surface area contributed by atoms with Gasteiger partial charge in [-0.1, -0.05) is 0 Å². The van der Waals surface area contributed by atoms with Crippen LogP contribution in [0.2, 0.25) is 0 Å². The molecular weight excluding hydrogens is 222 g/mol. The number of fused-ring (bicyclic) bond motifs is 1. The van der Waals surface area contributed by atoms with Gasteiger partial charge in [-0.2, -0.15) is 5.26 Å². The summed E-state index contributed by atoms with van der Waals surface area (Å²) >= 11 is 1.42. The van der Waals surface area contributed by atoms with Crippen molar-refractivity contribution in [3.63, 3.8) is 0 Å². The minimum absolute atomic E-state index is 0.511. The maximum Gasteiger partial charge on any atom is 0.300 e. The Balaban J connectivity index is 2.39. The molecule has 16 heavy (non-hydrogen) atoms. The van der Waals surface area contributed by atoms with Crippen molar-refractivity contribution in [3.8, 4) is 18.4 Å². The Kier molecular flexibility index (Phi) is 2.91. The van der Waals surface area contributed by atoms with Crippen LogP contribution < -0.4 is 10.6 Å². The van der Waals surface area contributed by atoms with Crippen LogP contribution in [-0.4, -0.2) is 12.5 Å². The summed E-state index contributed by atoms with van der Waals surface area (Å²) in [6.07, 6.45) is 5.80. The number of rotatable bonds is 1. The smallest absolute Gasteiger partial charge is 0.300 e. The molecule has 1 aromatic heterocycles. The van der Waals surface area contributed by atoms with Crippen molar-refractivity contribution in [3.05, 3.63) is 16.0 Å². The van der Waals surface area contributed by atoms with Gasteiger partial charge in [-0.05, 0) is 24.4 Å². The van der Waals surface area contributed by atoms with Crippen molar-refractivity contribution in [2.45, 2.75) is 13.0 Å². The molecule has 0 fully saturated rings. The van der Waals surface area contributed by atoms with Crippen LogP contribution >= 0.6 is 11.3 Å². The lowest BCUT2D eigenvalue weighted by Crippen LogP contribution is -2.22. The first kappa shape index (κ1) is 10.7. The number of carbonyl (C=O) groups excluding carboxylic acids is 1. The number of thiophene rings is 1. The Morgan fingerprint density at radius 2 is 2.44 bits per heavy atom. The van der Waals surface area contributed by atoms with Crippen LogP contribution in [0.15, 0.2) is 0 Å². The number of hydrogen-bond donors (Lipinski definition) is 2. The molecule has 1 aliphatic heterocycles. The lowest BCUT2D eigenvalue weighted by Gasteiger charge is -2.11. The Labute approximate surface area is 97.3 Å². The molecule has 0 spiro atoms. The number of hydrogen-bond acceptors (Lipinski definition) is 4. The summed E-state index contributed by atoms with van der Waals surface area (Å²) in [5.41, 5.74) is 1.60. The van der Waals surface area contributed by atoms with Crippen LogP contribution in [0.3, 0.4) is 0 Å². The van der Waals surface area contributed by atoms with E-state index in [-0.39, 0.29) is 0 Å². The molecule has 80 valence electrons. The summed E-state index contributed by atoms with van der Waals surface area (Å²) in [5.74, 6) is 1.47. The number of carbonyl (C=O) groups is 1. The SMILES string of the molecule is C#CC(=O)Nc1sc2c(c1C#N)CCNC2. The number of nitrogens with zero attached hydrogens (tertiary/aromatic N) is 1. The first-order chi connectivity index (χ1) is 7.76. The van der Waals surface area contributed by atoms with Gasteiger partial charge in [0.1, 0.15) is 11.1 Å². The molecule has 1 aromatic rings.